The van der Waals surface area contributed by atoms with Crippen LogP contribution in [0.5, 0.6) is 0 Å². The van der Waals surface area contributed by atoms with Gasteiger partial charge in [-0.3, -0.25) is 19.4 Å². The van der Waals surface area contributed by atoms with Crippen molar-refractivity contribution in [3.8, 4) is 0 Å². The first-order valence-electron chi connectivity index (χ1n) is 10.8. The quantitative estimate of drug-likeness (QED) is 0.738. The Morgan fingerprint density at radius 2 is 1.79 bits per heavy atom. The summed E-state index contributed by atoms with van der Waals surface area (Å²) in [4.78, 5) is 33.9. The van der Waals surface area contributed by atoms with E-state index < -0.39 is 0 Å². The van der Waals surface area contributed by atoms with Crippen LogP contribution >= 0.6 is 11.3 Å². The van der Waals surface area contributed by atoms with Gasteiger partial charge in [-0.1, -0.05) is 6.42 Å². The summed E-state index contributed by atoms with van der Waals surface area (Å²) in [7, 11) is 0. The number of likely N-dealkylation sites (tertiary alicyclic amines) is 2. The van der Waals surface area contributed by atoms with Gasteiger partial charge in [-0.2, -0.15) is 0 Å². The number of anilines is 1. The van der Waals surface area contributed by atoms with Crippen LogP contribution in [0.3, 0.4) is 0 Å². The van der Waals surface area contributed by atoms with Crippen molar-refractivity contribution < 1.29 is 9.59 Å². The molecule has 1 aromatic rings. The Labute approximate surface area is 178 Å². The van der Waals surface area contributed by atoms with Gasteiger partial charge in [0.25, 0.3) is 0 Å². The molecule has 0 aromatic carbocycles. The summed E-state index contributed by atoms with van der Waals surface area (Å²) >= 11 is 1.62. The molecule has 2 amide bonds. The van der Waals surface area contributed by atoms with Crippen LogP contribution in [0.4, 0.5) is 5.82 Å². The summed E-state index contributed by atoms with van der Waals surface area (Å²) in [6.07, 6.45) is 5.42. The molecule has 2 saturated heterocycles. The number of thiazole rings is 1. The normalized spacial score (nSPS) is 19.8. The van der Waals surface area contributed by atoms with Gasteiger partial charge in [0, 0.05) is 16.8 Å². The summed E-state index contributed by atoms with van der Waals surface area (Å²) < 4.78 is 0. The molecule has 2 aliphatic rings. The Morgan fingerprint density at radius 1 is 1.10 bits per heavy atom. The van der Waals surface area contributed by atoms with Crippen molar-refractivity contribution in [2.24, 2.45) is 5.92 Å². The van der Waals surface area contributed by atoms with Crippen molar-refractivity contribution in [1.82, 2.24) is 20.1 Å². The number of piperidine rings is 2. The van der Waals surface area contributed by atoms with E-state index in [4.69, 9.17) is 0 Å². The highest BCUT2D eigenvalue weighted by Gasteiger charge is 2.27. The van der Waals surface area contributed by atoms with Gasteiger partial charge in [0.2, 0.25) is 11.8 Å². The largest absolute Gasteiger partial charge is 0.350 e. The maximum Gasteiger partial charge on any atom is 0.234 e. The predicted molar refractivity (Wildman–Crippen MR) is 117 cm³/mol. The first kappa shape index (κ1) is 22.2. The van der Waals surface area contributed by atoms with E-state index in [1.807, 2.05) is 26.2 Å². The van der Waals surface area contributed by atoms with Crippen LogP contribution in [0.15, 0.2) is 5.38 Å². The van der Waals surface area contributed by atoms with E-state index in [0.717, 1.165) is 50.6 Å². The van der Waals surface area contributed by atoms with Crippen LogP contribution in [-0.4, -0.2) is 64.9 Å². The second-order valence-corrected chi connectivity index (χ2v) is 10.2. The molecule has 0 aliphatic carbocycles. The molecule has 0 atom stereocenters. The molecule has 29 heavy (non-hydrogen) atoms. The Morgan fingerprint density at radius 3 is 2.45 bits per heavy atom. The van der Waals surface area contributed by atoms with Crippen molar-refractivity contribution in [3.63, 3.8) is 0 Å². The number of amides is 2. The highest BCUT2D eigenvalue weighted by molar-refractivity contribution is 7.10. The van der Waals surface area contributed by atoms with Crippen molar-refractivity contribution in [2.45, 2.75) is 65.0 Å². The molecule has 0 saturated carbocycles. The van der Waals surface area contributed by atoms with Crippen LogP contribution in [0, 0.1) is 5.92 Å². The standard InChI is InChI=1S/C21H35N5O2S/c1-21(2,3)24-18(27)13-26-11-7-16(8-12-26)20(28)23-17-15-29-19(22-17)14-25-9-5-4-6-10-25/h15-16H,4-14H2,1-3H3,(H,23,28)(H,24,27). The van der Waals surface area contributed by atoms with Crippen LogP contribution in [0.1, 0.15) is 57.9 Å². The molecule has 0 bridgehead atoms. The molecule has 8 heteroatoms. The molecular formula is C21H35N5O2S. The Bertz CT molecular complexity index is 685. The van der Waals surface area contributed by atoms with Crippen molar-refractivity contribution in [3.05, 3.63) is 10.4 Å². The monoisotopic (exact) mass is 421 g/mol. The fourth-order valence-corrected chi connectivity index (χ4v) is 4.76. The predicted octanol–water partition coefficient (Wildman–Crippen LogP) is 2.69. The zero-order chi connectivity index (χ0) is 20.9. The number of hydrogen-bond donors (Lipinski definition) is 2. The van der Waals surface area contributed by atoms with Gasteiger partial charge in [-0.25, -0.2) is 4.98 Å². The lowest BCUT2D eigenvalue weighted by Crippen LogP contribution is -2.48. The van der Waals surface area contributed by atoms with Crippen LogP contribution in [-0.2, 0) is 16.1 Å². The molecule has 0 unspecified atom stereocenters. The third-order valence-electron chi connectivity index (χ3n) is 5.45. The molecular weight excluding hydrogens is 386 g/mol. The zero-order valence-corrected chi connectivity index (χ0v) is 18.8. The summed E-state index contributed by atoms with van der Waals surface area (Å²) in [5.41, 5.74) is -0.213. The highest BCUT2D eigenvalue weighted by atomic mass is 32.1. The average Bonchev–Trinajstić information content (AvgIpc) is 3.08. The number of hydrogen-bond acceptors (Lipinski definition) is 6. The van der Waals surface area contributed by atoms with Crippen LogP contribution in [0.2, 0.25) is 0 Å². The molecule has 7 nitrogen and oxygen atoms in total. The minimum Gasteiger partial charge on any atom is -0.350 e. The number of carbonyl (C=O) groups is 2. The van der Waals surface area contributed by atoms with Gasteiger partial charge < -0.3 is 10.6 Å². The van der Waals surface area contributed by atoms with E-state index >= 15 is 0 Å². The molecule has 162 valence electrons. The minimum atomic E-state index is -0.213. The molecule has 1 aromatic heterocycles. The smallest absolute Gasteiger partial charge is 0.234 e. The van der Waals surface area contributed by atoms with Crippen LogP contribution in [0.25, 0.3) is 0 Å². The van der Waals surface area contributed by atoms with Gasteiger partial charge in [0.15, 0.2) is 0 Å². The SMILES string of the molecule is CC(C)(C)NC(=O)CN1CCC(C(=O)Nc2csc(CN3CCCCC3)n2)CC1. The Balaban J connectivity index is 1.40. The molecule has 2 aliphatic heterocycles. The van der Waals surface area contributed by atoms with Crippen molar-refractivity contribution in [1.29, 1.82) is 0 Å². The number of carbonyl (C=O) groups excluding carboxylic acids is 2. The molecule has 2 N–H and O–H groups in total. The summed E-state index contributed by atoms with van der Waals surface area (Å²) in [6.45, 7) is 11.1. The lowest BCUT2D eigenvalue weighted by Gasteiger charge is -2.31. The van der Waals surface area contributed by atoms with E-state index in [1.54, 1.807) is 11.3 Å². The van der Waals surface area contributed by atoms with E-state index in [0.29, 0.717) is 12.4 Å². The summed E-state index contributed by atoms with van der Waals surface area (Å²) in [5.74, 6) is 0.769. The molecule has 3 rings (SSSR count). The first-order chi connectivity index (χ1) is 13.8. The highest BCUT2D eigenvalue weighted by Crippen LogP contribution is 2.22. The number of nitrogens with one attached hydrogen (secondary N) is 2. The van der Waals surface area contributed by atoms with Gasteiger partial charge in [0.05, 0.1) is 13.1 Å². The average molecular weight is 422 g/mol. The maximum absolute atomic E-state index is 12.6. The number of nitrogens with zero attached hydrogens (tertiary/aromatic N) is 3. The van der Waals surface area contributed by atoms with Crippen molar-refractivity contribution >= 4 is 29.0 Å². The van der Waals surface area contributed by atoms with E-state index in [-0.39, 0.29) is 23.3 Å². The van der Waals surface area contributed by atoms with E-state index in [2.05, 4.69) is 25.4 Å². The van der Waals surface area contributed by atoms with Gasteiger partial charge in [-0.15, -0.1) is 11.3 Å². The van der Waals surface area contributed by atoms with E-state index in [9.17, 15) is 9.59 Å². The fraction of sp³-hybridized carbons (Fsp3) is 0.762. The molecule has 3 heterocycles. The Kier molecular flexibility index (Phi) is 7.65. The number of aromatic nitrogens is 1. The van der Waals surface area contributed by atoms with E-state index in [1.165, 1.54) is 19.3 Å². The first-order valence-corrected chi connectivity index (χ1v) is 11.7. The van der Waals surface area contributed by atoms with Crippen LogP contribution < -0.4 is 10.6 Å². The summed E-state index contributed by atoms with van der Waals surface area (Å²) in [6, 6.07) is 0. The lowest BCUT2D eigenvalue weighted by atomic mass is 9.96. The van der Waals surface area contributed by atoms with Gasteiger partial charge in [-0.05, 0) is 72.6 Å². The lowest BCUT2D eigenvalue weighted by molar-refractivity contribution is -0.124. The third kappa shape index (κ3) is 7.35. The topological polar surface area (TPSA) is 77.6 Å². The Hall–Kier alpha value is -1.51. The van der Waals surface area contributed by atoms with Gasteiger partial charge >= 0.3 is 0 Å². The molecule has 2 fully saturated rings. The second-order valence-electron chi connectivity index (χ2n) is 9.30. The number of rotatable bonds is 6. The third-order valence-corrected chi connectivity index (χ3v) is 6.28. The summed E-state index contributed by atoms with van der Waals surface area (Å²) in [5, 5.41) is 9.01. The minimum absolute atomic E-state index is 0.0100. The van der Waals surface area contributed by atoms with Gasteiger partial charge in [0.1, 0.15) is 10.8 Å². The fourth-order valence-electron chi connectivity index (χ4n) is 3.99. The second kappa shape index (κ2) is 10.00. The molecule has 0 radical (unpaired) electrons. The molecule has 0 spiro atoms. The maximum atomic E-state index is 12.6. The van der Waals surface area contributed by atoms with Crippen molar-refractivity contribution in [2.75, 3.05) is 38.0 Å². The zero-order valence-electron chi connectivity index (χ0n) is 18.0.